The summed E-state index contributed by atoms with van der Waals surface area (Å²) in [4.78, 5) is 28.5. The van der Waals surface area contributed by atoms with Crippen molar-refractivity contribution in [2.45, 2.75) is 52.1 Å². The molecule has 178 valence electrons. The topological polar surface area (TPSA) is 49.4 Å². The minimum absolute atomic E-state index is 0.0238. The maximum Gasteiger partial charge on any atom is 0.243 e. The van der Waals surface area contributed by atoms with Crippen molar-refractivity contribution in [3.63, 3.8) is 0 Å². The quantitative estimate of drug-likeness (QED) is 0.398. The van der Waals surface area contributed by atoms with Crippen LogP contribution in [0.4, 0.5) is 4.39 Å². The molecule has 0 aliphatic carbocycles. The molecule has 0 aliphatic rings. The van der Waals surface area contributed by atoms with Crippen LogP contribution in [0.1, 0.15) is 42.0 Å². The van der Waals surface area contributed by atoms with E-state index in [0.29, 0.717) is 18.5 Å². The number of benzene rings is 3. The van der Waals surface area contributed by atoms with Gasteiger partial charge in [0.1, 0.15) is 11.9 Å². The van der Waals surface area contributed by atoms with Crippen molar-refractivity contribution in [1.29, 1.82) is 0 Å². The highest BCUT2D eigenvalue weighted by atomic mass is 19.1. The molecule has 0 unspecified atom stereocenters. The van der Waals surface area contributed by atoms with Crippen LogP contribution in [0.5, 0.6) is 0 Å². The van der Waals surface area contributed by atoms with Crippen LogP contribution in [-0.2, 0) is 29.0 Å². The summed E-state index contributed by atoms with van der Waals surface area (Å²) in [7, 11) is 0. The van der Waals surface area contributed by atoms with Crippen LogP contribution >= 0.6 is 0 Å². The molecule has 0 aromatic heterocycles. The molecule has 5 heteroatoms. The van der Waals surface area contributed by atoms with E-state index >= 15 is 0 Å². The second-order valence-corrected chi connectivity index (χ2v) is 8.63. The van der Waals surface area contributed by atoms with E-state index < -0.39 is 6.04 Å². The van der Waals surface area contributed by atoms with E-state index in [4.69, 9.17) is 0 Å². The molecule has 0 bridgehead atoms. The second kappa shape index (κ2) is 12.7. The number of carbonyl (C=O) groups is 2. The van der Waals surface area contributed by atoms with Crippen molar-refractivity contribution in [2.24, 2.45) is 0 Å². The zero-order valence-corrected chi connectivity index (χ0v) is 20.0. The van der Waals surface area contributed by atoms with Crippen LogP contribution in [0.3, 0.4) is 0 Å². The number of amides is 2. The fourth-order valence-corrected chi connectivity index (χ4v) is 3.97. The average molecular weight is 461 g/mol. The van der Waals surface area contributed by atoms with Crippen LogP contribution in [0.2, 0.25) is 0 Å². The maximum atomic E-state index is 14.6. The van der Waals surface area contributed by atoms with Gasteiger partial charge in [-0.15, -0.1) is 0 Å². The zero-order chi connectivity index (χ0) is 24.3. The molecule has 0 spiro atoms. The van der Waals surface area contributed by atoms with Crippen LogP contribution in [-0.4, -0.2) is 29.3 Å². The van der Waals surface area contributed by atoms with Gasteiger partial charge in [0, 0.05) is 25.1 Å². The fraction of sp³-hybridized carbons (Fsp3) is 0.310. The zero-order valence-electron chi connectivity index (χ0n) is 20.0. The molecule has 0 saturated heterocycles. The lowest BCUT2D eigenvalue weighted by Gasteiger charge is -2.32. The molecule has 3 aromatic carbocycles. The molecule has 0 heterocycles. The summed E-state index contributed by atoms with van der Waals surface area (Å²) in [6.45, 7) is 4.60. The molecule has 0 saturated carbocycles. The van der Waals surface area contributed by atoms with Gasteiger partial charge in [0.05, 0.1) is 6.42 Å². The van der Waals surface area contributed by atoms with E-state index in [-0.39, 0.29) is 30.6 Å². The minimum atomic E-state index is -0.754. The predicted octanol–water partition coefficient (Wildman–Crippen LogP) is 5.23. The number of nitrogens with one attached hydrogen (secondary N) is 1. The Bertz CT molecular complexity index is 1080. The van der Waals surface area contributed by atoms with Gasteiger partial charge in [-0.1, -0.05) is 91.7 Å². The van der Waals surface area contributed by atoms with E-state index in [9.17, 15) is 14.0 Å². The highest BCUT2D eigenvalue weighted by Gasteiger charge is 2.30. The van der Waals surface area contributed by atoms with E-state index in [1.165, 1.54) is 11.0 Å². The Balaban J connectivity index is 1.95. The Morgan fingerprint density at radius 1 is 0.941 bits per heavy atom. The van der Waals surface area contributed by atoms with Gasteiger partial charge in [-0.25, -0.2) is 4.39 Å². The van der Waals surface area contributed by atoms with E-state index in [1.807, 2.05) is 61.5 Å². The van der Waals surface area contributed by atoms with Gasteiger partial charge in [-0.2, -0.15) is 0 Å². The molecule has 0 fully saturated rings. The summed E-state index contributed by atoms with van der Waals surface area (Å²) in [5.74, 6) is -0.813. The Kier molecular flexibility index (Phi) is 9.39. The third-order valence-corrected chi connectivity index (χ3v) is 5.84. The summed E-state index contributed by atoms with van der Waals surface area (Å²) in [6, 6.07) is 23.0. The molecule has 0 radical (unpaired) electrons. The molecule has 3 aromatic rings. The predicted molar refractivity (Wildman–Crippen MR) is 134 cm³/mol. The van der Waals surface area contributed by atoms with Gasteiger partial charge >= 0.3 is 0 Å². The monoisotopic (exact) mass is 460 g/mol. The number of carbonyl (C=O) groups excluding carboxylic acids is 2. The third kappa shape index (κ3) is 7.27. The maximum absolute atomic E-state index is 14.6. The minimum Gasteiger partial charge on any atom is -0.354 e. The smallest absolute Gasteiger partial charge is 0.243 e. The number of halogens is 1. The summed E-state index contributed by atoms with van der Waals surface area (Å²) in [5.41, 5.74) is 3.26. The Morgan fingerprint density at radius 3 is 2.35 bits per heavy atom. The highest BCUT2D eigenvalue weighted by molar-refractivity contribution is 5.88. The normalized spacial score (nSPS) is 11.6. The first-order chi connectivity index (χ1) is 16.5. The number of hydrogen-bond acceptors (Lipinski definition) is 2. The first kappa shape index (κ1) is 25.2. The lowest BCUT2D eigenvalue weighted by Crippen LogP contribution is -2.51. The highest BCUT2D eigenvalue weighted by Crippen LogP contribution is 2.18. The van der Waals surface area contributed by atoms with Gasteiger partial charge in [0.2, 0.25) is 11.8 Å². The summed E-state index contributed by atoms with van der Waals surface area (Å²) in [6.07, 6.45) is 2.31. The van der Waals surface area contributed by atoms with E-state index in [0.717, 1.165) is 29.5 Å². The van der Waals surface area contributed by atoms with Crippen molar-refractivity contribution < 1.29 is 14.0 Å². The van der Waals surface area contributed by atoms with Gasteiger partial charge in [0.15, 0.2) is 0 Å². The van der Waals surface area contributed by atoms with Crippen molar-refractivity contribution in [2.75, 3.05) is 6.54 Å². The summed E-state index contributed by atoms with van der Waals surface area (Å²) in [5, 5.41) is 2.99. The van der Waals surface area contributed by atoms with Crippen LogP contribution in [0.15, 0.2) is 78.9 Å². The molecule has 3 rings (SSSR count). The molecule has 34 heavy (non-hydrogen) atoms. The van der Waals surface area contributed by atoms with Crippen LogP contribution in [0, 0.1) is 12.7 Å². The number of hydrogen-bond donors (Lipinski definition) is 1. The van der Waals surface area contributed by atoms with Gasteiger partial charge < -0.3 is 10.2 Å². The van der Waals surface area contributed by atoms with Crippen molar-refractivity contribution in [3.05, 3.63) is 107 Å². The standard InChI is InChI=1S/C29H33FN2O2/c1-3-4-17-31-29(34)27(19-23-12-6-5-7-13-23)32(21-25-15-8-9-16-26(25)30)28(33)20-24-14-10-11-22(2)18-24/h5-16,18,27H,3-4,17,19-21H2,1-2H3,(H,31,34)/t27-/m0/s1. The van der Waals surface area contributed by atoms with Crippen molar-refractivity contribution in [1.82, 2.24) is 10.2 Å². The summed E-state index contributed by atoms with van der Waals surface area (Å²) < 4.78 is 14.6. The molecule has 0 aliphatic heterocycles. The SMILES string of the molecule is CCCCNC(=O)[C@H](Cc1ccccc1)N(Cc1ccccc1F)C(=O)Cc1cccc(C)c1. The average Bonchev–Trinajstić information content (AvgIpc) is 2.83. The third-order valence-electron chi connectivity index (χ3n) is 5.84. The Morgan fingerprint density at radius 2 is 1.65 bits per heavy atom. The molecular formula is C29H33FN2O2. The van der Waals surface area contributed by atoms with Gasteiger partial charge in [0.25, 0.3) is 0 Å². The molecule has 2 amide bonds. The van der Waals surface area contributed by atoms with Gasteiger partial charge in [-0.3, -0.25) is 9.59 Å². The number of unbranched alkanes of at least 4 members (excludes halogenated alkanes) is 1. The number of nitrogens with zero attached hydrogens (tertiary/aromatic N) is 1. The van der Waals surface area contributed by atoms with Gasteiger partial charge in [-0.05, 0) is 30.5 Å². The van der Waals surface area contributed by atoms with Crippen molar-refractivity contribution >= 4 is 11.8 Å². The van der Waals surface area contributed by atoms with Crippen LogP contribution < -0.4 is 5.32 Å². The van der Waals surface area contributed by atoms with Crippen molar-refractivity contribution in [3.8, 4) is 0 Å². The largest absolute Gasteiger partial charge is 0.354 e. The fourth-order valence-electron chi connectivity index (χ4n) is 3.97. The van der Waals surface area contributed by atoms with Crippen LogP contribution in [0.25, 0.3) is 0 Å². The first-order valence-electron chi connectivity index (χ1n) is 11.9. The molecule has 1 atom stereocenters. The number of aryl methyl sites for hydroxylation is 1. The Labute approximate surface area is 201 Å². The Hall–Kier alpha value is -3.47. The number of rotatable bonds is 11. The summed E-state index contributed by atoms with van der Waals surface area (Å²) >= 11 is 0. The van der Waals surface area contributed by atoms with E-state index in [2.05, 4.69) is 12.2 Å². The lowest BCUT2D eigenvalue weighted by molar-refractivity contribution is -0.140. The second-order valence-electron chi connectivity index (χ2n) is 8.63. The molecular weight excluding hydrogens is 427 g/mol. The lowest BCUT2D eigenvalue weighted by atomic mass is 10.0. The van der Waals surface area contributed by atoms with E-state index in [1.54, 1.807) is 18.2 Å². The molecule has 4 nitrogen and oxygen atoms in total. The molecule has 1 N–H and O–H groups in total. The first-order valence-corrected chi connectivity index (χ1v) is 11.9.